The van der Waals surface area contributed by atoms with Gasteiger partial charge in [0.15, 0.2) is 0 Å². The van der Waals surface area contributed by atoms with E-state index in [0.29, 0.717) is 23.6 Å². The fourth-order valence-corrected chi connectivity index (χ4v) is 3.94. The van der Waals surface area contributed by atoms with Crippen molar-refractivity contribution in [3.05, 3.63) is 65.5 Å². The van der Waals surface area contributed by atoms with Gasteiger partial charge in [-0.1, -0.05) is 24.3 Å². The number of thioether (sulfide) groups is 1. The first-order chi connectivity index (χ1) is 12.3. The van der Waals surface area contributed by atoms with Crippen LogP contribution in [0, 0.1) is 5.82 Å². The Hall–Kier alpha value is -1.90. The highest BCUT2D eigenvalue weighted by atomic mass is 32.2. The predicted molar refractivity (Wildman–Crippen MR) is 102 cm³/mol. The molecule has 0 unspecified atom stereocenters. The average molecular weight is 397 g/mol. The molecule has 1 N–H and O–H groups in total. The molecular formula is C18H21FN2O3S2. The molecule has 0 heterocycles. The van der Waals surface area contributed by atoms with Gasteiger partial charge in [-0.25, -0.2) is 17.1 Å². The molecule has 0 saturated heterocycles. The summed E-state index contributed by atoms with van der Waals surface area (Å²) in [5, 5.41) is 2.75. The highest BCUT2D eigenvalue weighted by Crippen LogP contribution is 2.16. The zero-order valence-electron chi connectivity index (χ0n) is 14.6. The van der Waals surface area contributed by atoms with Crippen molar-refractivity contribution >= 4 is 27.7 Å². The van der Waals surface area contributed by atoms with Crippen LogP contribution in [0.1, 0.15) is 15.9 Å². The van der Waals surface area contributed by atoms with Crippen molar-refractivity contribution < 1.29 is 17.6 Å². The number of carbonyl (C=O) groups is 1. The van der Waals surface area contributed by atoms with Crippen LogP contribution in [-0.4, -0.2) is 45.0 Å². The second-order valence-electron chi connectivity index (χ2n) is 5.72. The number of hydrogen-bond donors (Lipinski definition) is 1. The molecule has 0 fully saturated rings. The van der Waals surface area contributed by atoms with Gasteiger partial charge in [-0.2, -0.15) is 11.8 Å². The topological polar surface area (TPSA) is 66.5 Å². The monoisotopic (exact) mass is 396 g/mol. The summed E-state index contributed by atoms with van der Waals surface area (Å²) < 4.78 is 38.9. The molecule has 0 radical (unpaired) electrons. The average Bonchev–Trinajstić information content (AvgIpc) is 2.62. The first-order valence-electron chi connectivity index (χ1n) is 7.94. The summed E-state index contributed by atoms with van der Waals surface area (Å²) in [7, 11) is -0.704. The van der Waals surface area contributed by atoms with E-state index in [0.717, 1.165) is 4.31 Å². The summed E-state index contributed by atoms with van der Waals surface area (Å²) in [6.07, 6.45) is 0. The minimum absolute atomic E-state index is 0.0732. The lowest BCUT2D eigenvalue weighted by Gasteiger charge is -2.12. The molecule has 2 rings (SSSR count). The second kappa shape index (κ2) is 9.16. The van der Waals surface area contributed by atoms with Crippen molar-refractivity contribution in [2.24, 2.45) is 0 Å². The van der Waals surface area contributed by atoms with Crippen molar-refractivity contribution in [2.75, 3.05) is 26.4 Å². The number of rotatable bonds is 8. The van der Waals surface area contributed by atoms with E-state index in [1.54, 1.807) is 24.3 Å². The van der Waals surface area contributed by atoms with Crippen LogP contribution in [0.4, 0.5) is 4.39 Å². The van der Waals surface area contributed by atoms with Gasteiger partial charge in [-0.3, -0.25) is 4.79 Å². The van der Waals surface area contributed by atoms with Crippen molar-refractivity contribution in [1.82, 2.24) is 9.62 Å². The SMILES string of the molecule is CN(C)S(=O)(=O)c1cccc(C(=O)NCCSCc2ccccc2F)c1. The summed E-state index contributed by atoms with van der Waals surface area (Å²) in [4.78, 5) is 12.3. The van der Waals surface area contributed by atoms with Gasteiger partial charge in [0.05, 0.1) is 4.90 Å². The summed E-state index contributed by atoms with van der Waals surface area (Å²) in [5.41, 5.74) is 0.914. The Morgan fingerprint density at radius 2 is 1.88 bits per heavy atom. The number of benzene rings is 2. The second-order valence-corrected chi connectivity index (χ2v) is 8.97. The van der Waals surface area contributed by atoms with Crippen molar-refractivity contribution in [1.29, 1.82) is 0 Å². The van der Waals surface area contributed by atoms with E-state index in [1.165, 1.54) is 50.1 Å². The lowest BCUT2D eigenvalue weighted by Crippen LogP contribution is -2.27. The number of carbonyl (C=O) groups excluding carboxylic acids is 1. The first-order valence-corrected chi connectivity index (χ1v) is 10.5. The van der Waals surface area contributed by atoms with Crippen LogP contribution >= 0.6 is 11.8 Å². The molecule has 2 aromatic rings. The third-order valence-corrected chi connectivity index (χ3v) is 6.44. The largest absolute Gasteiger partial charge is 0.351 e. The van der Waals surface area contributed by atoms with Crippen LogP contribution in [-0.2, 0) is 15.8 Å². The van der Waals surface area contributed by atoms with Crippen molar-refractivity contribution in [3.63, 3.8) is 0 Å². The number of sulfonamides is 1. The van der Waals surface area contributed by atoms with Gasteiger partial charge >= 0.3 is 0 Å². The van der Waals surface area contributed by atoms with Gasteiger partial charge in [0, 0.05) is 37.7 Å². The number of nitrogens with one attached hydrogen (secondary N) is 1. The van der Waals surface area contributed by atoms with E-state index >= 15 is 0 Å². The van der Waals surface area contributed by atoms with Crippen molar-refractivity contribution in [3.8, 4) is 0 Å². The van der Waals surface area contributed by atoms with Gasteiger partial charge in [0.1, 0.15) is 5.82 Å². The summed E-state index contributed by atoms with van der Waals surface area (Å²) in [5.74, 6) is 0.574. The summed E-state index contributed by atoms with van der Waals surface area (Å²) in [6.45, 7) is 0.405. The summed E-state index contributed by atoms with van der Waals surface area (Å²) >= 11 is 1.51. The van der Waals surface area contributed by atoms with Crippen LogP contribution in [0.2, 0.25) is 0 Å². The Balaban J connectivity index is 1.86. The third kappa shape index (κ3) is 5.30. The minimum Gasteiger partial charge on any atom is -0.351 e. The lowest BCUT2D eigenvalue weighted by molar-refractivity contribution is 0.0956. The first kappa shape index (κ1) is 20.4. The molecule has 2 aromatic carbocycles. The molecule has 0 saturated carbocycles. The Labute approximate surface area is 157 Å². The Morgan fingerprint density at radius 3 is 2.58 bits per heavy atom. The maximum atomic E-state index is 13.5. The molecular weight excluding hydrogens is 375 g/mol. The van der Waals surface area contributed by atoms with Gasteiger partial charge in [0.2, 0.25) is 10.0 Å². The van der Waals surface area contributed by atoms with Crippen molar-refractivity contribution in [2.45, 2.75) is 10.6 Å². The van der Waals surface area contributed by atoms with E-state index in [9.17, 15) is 17.6 Å². The van der Waals surface area contributed by atoms with Gasteiger partial charge in [-0.15, -0.1) is 0 Å². The molecule has 0 aliphatic carbocycles. The fourth-order valence-electron chi connectivity index (χ4n) is 2.14. The van der Waals surface area contributed by atoms with E-state index in [1.807, 2.05) is 0 Å². The Kier molecular flexibility index (Phi) is 7.19. The van der Waals surface area contributed by atoms with Crippen LogP contribution in [0.5, 0.6) is 0 Å². The quantitative estimate of drug-likeness (QED) is 0.697. The van der Waals surface area contributed by atoms with E-state index in [4.69, 9.17) is 0 Å². The number of nitrogens with zero attached hydrogens (tertiary/aromatic N) is 1. The number of hydrogen-bond acceptors (Lipinski definition) is 4. The number of amides is 1. The van der Waals surface area contributed by atoms with Crippen LogP contribution in [0.3, 0.4) is 0 Å². The molecule has 0 bridgehead atoms. The van der Waals surface area contributed by atoms with Crippen LogP contribution in [0.25, 0.3) is 0 Å². The molecule has 1 amide bonds. The molecule has 5 nitrogen and oxygen atoms in total. The zero-order valence-corrected chi connectivity index (χ0v) is 16.2. The third-order valence-electron chi connectivity index (χ3n) is 3.62. The van der Waals surface area contributed by atoms with Gasteiger partial charge < -0.3 is 5.32 Å². The highest BCUT2D eigenvalue weighted by Gasteiger charge is 2.18. The maximum absolute atomic E-state index is 13.5. The minimum atomic E-state index is -3.58. The molecule has 140 valence electrons. The highest BCUT2D eigenvalue weighted by molar-refractivity contribution is 7.98. The molecule has 0 aromatic heterocycles. The molecule has 0 spiro atoms. The summed E-state index contributed by atoms with van der Waals surface area (Å²) in [6, 6.07) is 12.5. The maximum Gasteiger partial charge on any atom is 0.251 e. The Morgan fingerprint density at radius 1 is 1.15 bits per heavy atom. The molecule has 26 heavy (non-hydrogen) atoms. The fraction of sp³-hybridized carbons (Fsp3) is 0.278. The van der Waals surface area contributed by atoms with Gasteiger partial charge in [-0.05, 0) is 29.8 Å². The van der Waals surface area contributed by atoms with Crippen LogP contribution in [0.15, 0.2) is 53.4 Å². The Bertz CT molecular complexity index is 870. The molecule has 0 atom stereocenters. The molecule has 8 heteroatoms. The van der Waals surface area contributed by atoms with Crippen LogP contribution < -0.4 is 5.32 Å². The smallest absolute Gasteiger partial charge is 0.251 e. The van der Waals surface area contributed by atoms with E-state index in [2.05, 4.69) is 5.32 Å². The molecule has 0 aliphatic heterocycles. The number of halogens is 1. The predicted octanol–water partition coefficient (Wildman–Crippen LogP) is 2.74. The van der Waals surface area contributed by atoms with Gasteiger partial charge in [0.25, 0.3) is 5.91 Å². The lowest BCUT2D eigenvalue weighted by atomic mass is 10.2. The standard InChI is InChI=1S/C18H21FN2O3S2/c1-21(2)26(23,24)16-8-5-7-14(12-16)18(22)20-10-11-25-13-15-6-3-4-9-17(15)19/h3-9,12H,10-11,13H2,1-2H3,(H,20,22). The van der Waals surface area contributed by atoms with E-state index < -0.39 is 10.0 Å². The normalized spacial score (nSPS) is 11.5. The van der Waals surface area contributed by atoms with E-state index in [-0.39, 0.29) is 22.2 Å². The molecule has 0 aliphatic rings. The zero-order chi connectivity index (χ0) is 19.2.